The maximum Gasteiger partial charge on any atom is 0.0703 e. The fourth-order valence-electron chi connectivity index (χ4n) is 2.54. The van der Waals surface area contributed by atoms with Gasteiger partial charge < -0.3 is 15.1 Å². The van der Waals surface area contributed by atoms with Gasteiger partial charge in [-0.25, -0.2) is 0 Å². The van der Waals surface area contributed by atoms with Crippen molar-refractivity contribution in [1.82, 2.24) is 4.98 Å². The Hall–Kier alpha value is -1.13. The van der Waals surface area contributed by atoms with Gasteiger partial charge in [0.2, 0.25) is 0 Å². The fraction of sp³-hybridized carbons (Fsp3) is 0.615. The third-order valence-corrected chi connectivity index (χ3v) is 3.45. The maximum atomic E-state index is 9.32. The molecular formula is C13H20N2O2. The molecule has 0 spiro atoms. The van der Waals surface area contributed by atoms with E-state index in [0.717, 1.165) is 37.2 Å². The summed E-state index contributed by atoms with van der Waals surface area (Å²) in [6, 6.07) is 1.87. The van der Waals surface area contributed by atoms with Crippen molar-refractivity contribution in [2.45, 2.75) is 25.9 Å². The second-order valence-electron chi connectivity index (χ2n) is 4.63. The van der Waals surface area contributed by atoms with Gasteiger partial charge in [0.1, 0.15) is 0 Å². The Bertz CT molecular complexity index is 355. The van der Waals surface area contributed by atoms with Crippen LogP contribution in [0.25, 0.3) is 0 Å². The van der Waals surface area contributed by atoms with Gasteiger partial charge in [-0.15, -0.1) is 0 Å². The number of hydrogen-bond donors (Lipinski definition) is 2. The van der Waals surface area contributed by atoms with Crippen molar-refractivity contribution >= 4 is 5.69 Å². The number of piperidine rings is 1. The molecule has 1 unspecified atom stereocenters. The highest BCUT2D eigenvalue weighted by Crippen LogP contribution is 2.26. The number of aromatic nitrogens is 1. The average Bonchev–Trinajstić information content (AvgIpc) is 2.39. The lowest BCUT2D eigenvalue weighted by atomic mass is 9.94. The predicted molar refractivity (Wildman–Crippen MR) is 66.8 cm³/mol. The van der Waals surface area contributed by atoms with E-state index in [9.17, 15) is 5.11 Å². The van der Waals surface area contributed by atoms with E-state index in [2.05, 4.69) is 9.88 Å². The second-order valence-corrected chi connectivity index (χ2v) is 4.63. The van der Waals surface area contributed by atoms with Crippen molar-refractivity contribution in [3.05, 3.63) is 24.0 Å². The van der Waals surface area contributed by atoms with Crippen LogP contribution in [0.3, 0.4) is 0 Å². The van der Waals surface area contributed by atoms with Gasteiger partial charge in [-0.05, 0) is 31.2 Å². The lowest BCUT2D eigenvalue weighted by molar-refractivity contribution is 0.243. The molecule has 1 aromatic rings. The Morgan fingerprint density at radius 3 is 3.06 bits per heavy atom. The molecule has 1 fully saturated rings. The van der Waals surface area contributed by atoms with E-state index in [1.54, 1.807) is 6.20 Å². The summed E-state index contributed by atoms with van der Waals surface area (Å²) in [5.74, 6) is 0.556. The van der Waals surface area contributed by atoms with Gasteiger partial charge in [0.25, 0.3) is 0 Å². The third kappa shape index (κ3) is 2.96. The van der Waals surface area contributed by atoms with E-state index in [1.165, 1.54) is 6.42 Å². The first kappa shape index (κ1) is 12.3. The number of aliphatic hydroxyl groups is 2. The number of anilines is 1. The highest BCUT2D eigenvalue weighted by atomic mass is 16.3. The zero-order chi connectivity index (χ0) is 12.1. The molecule has 1 aliphatic rings. The zero-order valence-corrected chi connectivity index (χ0v) is 10.0. The SMILES string of the molecule is OCCC1CCCN(c2cnccc2CO)C1. The van der Waals surface area contributed by atoms with Gasteiger partial charge in [-0.2, -0.15) is 0 Å². The molecule has 0 bridgehead atoms. The van der Waals surface area contributed by atoms with Crippen LogP contribution in [0.1, 0.15) is 24.8 Å². The van der Waals surface area contributed by atoms with Crippen LogP contribution in [0.4, 0.5) is 5.69 Å². The Balaban J connectivity index is 2.10. The topological polar surface area (TPSA) is 56.6 Å². The molecule has 17 heavy (non-hydrogen) atoms. The van der Waals surface area contributed by atoms with Crippen LogP contribution < -0.4 is 4.90 Å². The Labute approximate surface area is 102 Å². The molecule has 1 aromatic heterocycles. The molecule has 0 aromatic carbocycles. The van der Waals surface area contributed by atoms with Crippen LogP contribution in [0.2, 0.25) is 0 Å². The summed E-state index contributed by atoms with van der Waals surface area (Å²) in [4.78, 5) is 6.42. The lowest BCUT2D eigenvalue weighted by Gasteiger charge is -2.35. The van der Waals surface area contributed by atoms with E-state index in [4.69, 9.17) is 5.11 Å². The molecule has 0 radical (unpaired) electrons. The van der Waals surface area contributed by atoms with Crippen LogP contribution in [0, 0.1) is 5.92 Å². The molecule has 2 heterocycles. The highest BCUT2D eigenvalue weighted by Gasteiger charge is 2.21. The molecule has 4 nitrogen and oxygen atoms in total. The van der Waals surface area contributed by atoms with Crippen LogP contribution in [0.5, 0.6) is 0 Å². The van der Waals surface area contributed by atoms with Gasteiger partial charge in [-0.3, -0.25) is 4.98 Å². The molecule has 1 aliphatic heterocycles. The lowest BCUT2D eigenvalue weighted by Crippen LogP contribution is -2.36. The number of nitrogens with zero attached hydrogens (tertiary/aromatic N) is 2. The number of hydrogen-bond acceptors (Lipinski definition) is 4. The number of pyridine rings is 1. The van der Waals surface area contributed by atoms with Crippen molar-refractivity contribution in [3.63, 3.8) is 0 Å². The summed E-state index contributed by atoms with van der Waals surface area (Å²) in [6.07, 6.45) is 6.73. The normalized spacial score (nSPS) is 20.6. The molecule has 2 N–H and O–H groups in total. The highest BCUT2D eigenvalue weighted by molar-refractivity contribution is 5.51. The van der Waals surface area contributed by atoms with Crippen molar-refractivity contribution in [2.24, 2.45) is 5.92 Å². The van der Waals surface area contributed by atoms with E-state index in [-0.39, 0.29) is 13.2 Å². The molecule has 94 valence electrons. The predicted octanol–water partition coefficient (Wildman–Crippen LogP) is 1.17. The van der Waals surface area contributed by atoms with Crippen molar-refractivity contribution in [3.8, 4) is 0 Å². The smallest absolute Gasteiger partial charge is 0.0703 e. The van der Waals surface area contributed by atoms with Crippen LogP contribution >= 0.6 is 0 Å². The van der Waals surface area contributed by atoms with Crippen LogP contribution in [0.15, 0.2) is 18.5 Å². The standard InChI is InChI=1S/C13H20N2O2/c16-7-4-11-2-1-6-15(9-11)13-8-14-5-3-12(13)10-17/h3,5,8,11,16-17H,1-2,4,6-7,9-10H2. The average molecular weight is 236 g/mol. The van der Waals surface area contributed by atoms with E-state index in [0.29, 0.717) is 5.92 Å². The molecule has 1 saturated heterocycles. The molecule has 0 saturated carbocycles. The van der Waals surface area contributed by atoms with Gasteiger partial charge in [-0.1, -0.05) is 0 Å². The molecule has 1 atom stereocenters. The first-order valence-corrected chi connectivity index (χ1v) is 6.24. The monoisotopic (exact) mass is 236 g/mol. The van der Waals surface area contributed by atoms with E-state index >= 15 is 0 Å². The molecule has 4 heteroatoms. The second kappa shape index (κ2) is 5.98. The summed E-state index contributed by atoms with van der Waals surface area (Å²) >= 11 is 0. The minimum atomic E-state index is 0.0546. The Kier molecular flexibility index (Phi) is 4.34. The summed E-state index contributed by atoms with van der Waals surface area (Å²) in [5, 5.41) is 18.3. The minimum absolute atomic E-state index is 0.0546. The molecule has 0 amide bonds. The van der Waals surface area contributed by atoms with Crippen LogP contribution in [-0.2, 0) is 6.61 Å². The van der Waals surface area contributed by atoms with Crippen LogP contribution in [-0.4, -0.2) is 34.9 Å². The first-order valence-electron chi connectivity index (χ1n) is 6.24. The Morgan fingerprint density at radius 1 is 1.41 bits per heavy atom. The van der Waals surface area contributed by atoms with Crippen molar-refractivity contribution < 1.29 is 10.2 Å². The van der Waals surface area contributed by atoms with Crippen molar-refractivity contribution in [1.29, 1.82) is 0 Å². The number of rotatable bonds is 4. The molecular weight excluding hydrogens is 216 g/mol. The van der Waals surface area contributed by atoms with Crippen molar-refractivity contribution in [2.75, 3.05) is 24.6 Å². The van der Waals surface area contributed by atoms with Gasteiger partial charge >= 0.3 is 0 Å². The summed E-state index contributed by atoms with van der Waals surface area (Å²) in [5.41, 5.74) is 1.97. The minimum Gasteiger partial charge on any atom is -0.396 e. The first-order chi connectivity index (χ1) is 8.35. The van der Waals surface area contributed by atoms with E-state index < -0.39 is 0 Å². The molecule has 2 rings (SSSR count). The summed E-state index contributed by atoms with van der Waals surface area (Å²) in [7, 11) is 0. The third-order valence-electron chi connectivity index (χ3n) is 3.45. The fourth-order valence-corrected chi connectivity index (χ4v) is 2.54. The summed E-state index contributed by atoms with van der Waals surface area (Å²) < 4.78 is 0. The largest absolute Gasteiger partial charge is 0.396 e. The quantitative estimate of drug-likeness (QED) is 0.824. The molecule has 0 aliphatic carbocycles. The van der Waals surface area contributed by atoms with Gasteiger partial charge in [0.05, 0.1) is 18.5 Å². The van der Waals surface area contributed by atoms with Gasteiger partial charge in [0, 0.05) is 31.5 Å². The zero-order valence-electron chi connectivity index (χ0n) is 10.0. The Morgan fingerprint density at radius 2 is 2.29 bits per heavy atom. The number of aliphatic hydroxyl groups excluding tert-OH is 2. The van der Waals surface area contributed by atoms with Gasteiger partial charge in [0.15, 0.2) is 0 Å². The van der Waals surface area contributed by atoms with E-state index in [1.807, 2.05) is 12.3 Å². The maximum absolute atomic E-state index is 9.32. The summed E-state index contributed by atoms with van der Waals surface area (Å²) in [6.45, 7) is 2.29.